The molecule has 0 saturated carbocycles. The van der Waals surface area contributed by atoms with Gasteiger partial charge in [0.15, 0.2) is 0 Å². The van der Waals surface area contributed by atoms with E-state index in [0.29, 0.717) is 12.1 Å². The molecule has 1 N–H and O–H groups in total. The second-order valence-corrected chi connectivity index (χ2v) is 4.06. The van der Waals surface area contributed by atoms with E-state index in [0.717, 1.165) is 12.1 Å². The number of hydrogen-bond donors (Lipinski definition) is 1. The predicted molar refractivity (Wildman–Crippen MR) is 66.0 cm³/mol. The minimum atomic E-state index is -0.351. The molecule has 94 valence electrons. The van der Waals surface area contributed by atoms with Gasteiger partial charge in [-0.2, -0.15) is 0 Å². The van der Waals surface area contributed by atoms with E-state index < -0.39 is 0 Å². The highest BCUT2D eigenvalue weighted by Gasteiger charge is 2.10. The van der Waals surface area contributed by atoms with Crippen molar-refractivity contribution < 1.29 is 9.66 Å². The molecule has 0 fully saturated rings. The Hall–Kier alpha value is -1.46. The fourth-order valence-corrected chi connectivity index (χ4v) is 1.46. The maximum absolute atomic E-state index is 10.8. The summed E-state index contributed by atoms with van der Waals surface area (Å²) in [6.07, 6.45) is 0.135. The molecule has 5 heteroatoms. The van der Waals surface area contributed by atoms with Gasteiger partial charge >= 0.3 is 0 Å². The number of nitro groups is 1. The van der Waals surface area contributed by atoms with Crippen LogP contribution in [0.5, 0.6) is 0 Å². The van der Waals surface area contributed by atoms with Crippen LogP contribution in [0.15, 0.2) is 18.2 Å². The lowest BCUT2D eigenvalue weighted by Crippen LogP contribution is -2.25. The van der Waals surface area contributed by atoms with Crippen LogP contribution in [0, 0.1) is 17.0 Å². The van der Waals surface area contributed by atoms with E-state index in [9.17, 15) is 10.1 Å². The maximum Gasteiger partial charge on any atom is 0.272 e. The van der Waals surface area contributed by atoms with Gasteiger partial charge in [-0.3, -0.25) is 10.1 Å². The molecule has 0 radical (unpaired) electrons. The number of nitro benzene ring substituents is 1. The molecule has 1 aromatic carbocycles. The largest absolute Gasteiger partial charge is 0.380 e. The summed E-state index contributed by atoms with van der Waals surface area (Å²) in [5.74, 6) is 0. The number of aryl methyl sites for hydroxylation is 1. The predicted octanol–water partition coefficient (Wildman–Crippen LogP) is 2.03. The molecule has 0 spiro atoms. The van der Waals surface area contributed by atoms with Gasteiger partial charge < -0.3 is 10.1 Å². The minimum Gasteiger partial charge on any atom is -0.380 e. The molecule has 1 rings (SSSR count). The normalized spacial score (nSPS) is 12.4. The van der Waals surface area contributed by atoms with Crippen LogP contribution in [-0.2, 0) is 11.3 Å². The lowest BCUT2D eigenvalue weighted by atomic mass is 10.1. The SMILES string of the molecule is COC(C)CNCc1ccc(C)c([N+](=O)[O-])c1. The molecule has 1 unspecified atom stereocenters. The van der Waals surface area contributed by atoms with Crippen molar-refractivity contribution in [2.24, 2.45) is 0 Å². The lowest BCUT2D eigenvalue weighted by Gasteiger charge is -2.10. The number of benzene rings is 1. The quantitative estimate of drug-likeness (QED) is 0.608. The zero-order chi connectivity index (χ0) is 12.8. The molecule has 1 atom stereocenters. The third-order valence-corrected chi connectivity index (χ3v) is 2.63. The Labute approximate surface area is 101 Å². The summed E-state index contributed by atoms with van der Waals surface area (Å²) in [6, 6.07) is 5.28. The van der Waals surface area contributed by atoms with Crippen LogP contribution < -0.4 is 5.32 Å². The summed E-state index contributed by atoms with van der Waals surface area (Å²) in [5, 5.41) is 14.0. The van der Waals surface area contributed by atoms with E-state index in [4.69, 9.17) is 4.74 Å². The lowest BCUT2D eigenvalue weighted by molar-refractivity contribution is -0.385. The second-order valence-electron chi connectivity index (χ2n) is 4.06. The Morgan fingerprint density at radius 2 is 2.24 bits per heavy atom. The monoisotopic (exact) mass is 238 g/mol. The van der Waals surface area contributed by atoms with Crippen molar-refractivity contribution in [2.75, 3.05) is 13.7 Å². The Balaban J connectivity index is 2.60. The van der Waals surface area contributed by atoms with E-state index >= 15 is 0 Å². The average Bonchev–Trinajstić information content (AvgIpc) is 2.30. The van der Waals surface area contributed by atoms with Crippen LogP contribution in [0.3, 0.4) is 0 Å². The number of ether oxygens (including phenoxy) is 1. The summed E-state index contributed by atoms with van der Waals surface area (Å²) in [6.45, 7) is 5.03. The molecule has 0 amide bonds. The zero-order valence-electron chi connectivity index (χ0n) is 10.4. The number of rotatable bonds is 6. The molecule has 0 aliphatic carbocycles. The number of nitrogens with zero attached hydrogens (tertiary/aromatic N) is 1. The molecular weight excluding hydrogens is 220 g/mol. The van der Waals surface area contributed by atoms with Crippen LogP contribution in [0.2, 0.25) is 0 Å². The molecule has 0 aliphatic heterocycles. The summed E-state index contributed by atoms with van der Waals surface area (Å²) in [5.41, 5.74) is 1.76. The van der Waals surface area contributed by atoms with Gasteiger partial charge in [-0.15, -0.1) is 0 Å². The molecule has 17 heavy (non-hydrogen) atoms. The van der Waals surface area contributed by atoms with Crippen molar-refractivity contribution in [2.45, 2.75) is 26.5 Å². The Morgan fingerprint density at radius 1 is 1.53 bits per heavy atom. The summed E-state index contributed by atoms with van der Waals surface area (Å²) >= 11 is 0. The molecule has 0 saturated heterocycles. The summed E-state index contributed by atoms with van der Waals surface area (Å²) in [7, 11) is 1.66. The van der Waals surface area contributed by atoms with Crippen molar-refractivity contribution in [3.05, 3.63) is 39.4 Å². The van der Waals surface area contributed by atoms with Gasteiger partial charge in [0.2, 0.25) is 0 Å². The highest BCUT2D eigenvalue weighted by Crippen LogP contribution is 2.18. The van der Waals surface area contributed by atoms with Gasteiger partial charge in [0.25, 0.3) is 5.69 Å². The van der Waals surface area contributed by atoms with Gasteiger partial charge in [0.05, 0.1) is 11.0 Å². The van der Waals surface area contributed by atoms with Crippen LogP contribution in [0.1, 0.15) is 18.1 Å². The van der Waals surface area contributed by atoms with Gasteiger partial charge in [-0.05, 0) is 19.4 Å². The Bertz CT molecular complexity index is 393. The Kier molecular flexibility index (Phi) is 5.06. The van der Waals surface area contributed by atoms with E-state index in [-0.39, 0.29) is 16.7 Å². The third-order valence-electron chi connectivity index (χ3n) is 2.63. The third kappa shape index (κ3) is 4.13. The van der Waals surface area contributed by atoms with E-state index in [1.807, 2.05) is 13.0 Å². The van der Waals surface area contributed by atoms with Gasteiger partial charge in [0.1, 0.15) is 0 Å². The first-order valence-corrected chi connectivity index (χ1v) is 5.52. The first-order valence-electron chi connectivity index (χ1n) is 5.52. The van der Waals surface area contributed by atoms with Crippen LogP contribution in [0.4, 0.5) is 5.69 Å². The Morgan fingerprint density at radius 3 is 2.82 bits per heavy atom. The van der Waals surface area contributed by atoms with Crippen molar-refractivity contribution in [1.29, 1.82) is 0 Å². The molecule has 5 nitrogen and oxygen atoms in total. The highest BCUT2D eigenvalue weighted by atomic mass is 16.6. The standard InChI is InChI=1S/C12H18N2O3/c1-9-4-5-11(6-12(9)14(15)16)8-13-7-10(2)17-3/h4-6,10,13H,7-8H2,1-3H3. The van der Waals surface area contributed by atoms with Crippen molar-refractivity contribution in [3.63, 3.8) is 0 Å². The molecule has 0 bridgehead atoms. The maximum atomic E-state index is 10.8. The first-order chi connectivity index (χ1) is 8.04. The molecule has 0 aromatic heterocycles. The van der Waals surface area contributed by atoms with Crippen molar-refractivity contribution >= 4 is 5.69 Å². The van der Waals surface area contributed by atoms with Crippen LogP contribution >= 0.6 is 0 Å². The van der Waals surface area contributed by atoms with Crippen LogP contribution in [0.25, 0.3) is 0 Å². The molecular formula is C12H18N2O3. The molecule has 0 aliphatic rings. The van der Waals surface area contributed by atoms with E-state index in [1.54, 1.807) is 26.2 Å². The van der Waals surface area contributed by atoms with Crippen molar-refractivity contribution in [3.8, 4) is 0 Å². The fraction of sp³-hybridized carbons (Fsp3) is 0.500. The number of nitrogens with one attached hydrogen (secondary N) is 1. The molecule has 0 heterocycles. The van der Waals surface area contributed by atoms with Crippen molar-refractivity contribution in [1.82, 2.24) is 5.32 Å². The van der Waals surface area contributed by atoms with Gasteiger partial charge in [-0.1, -0.05) is 12.1 Å². The average molecular weight is 238 g/mol. The number of methoxy groups -OCH3 is 1. The van der Waals surface area contributed by atoms with Gasteiger partial charge in [-0.25, -0.2) is 0 Å². The topological polar surface area (TPSA) is 64.4 Å². The molecule has 1 aromatic rings. The highest BCUT2D eigenvalue weighted by molar-refractivity contribution is 5.42. The fourth-order valence-electron chi connectivity index (χ4n) is 1.46. The smallest absolute Gasteiger partial charge is 0.272 e. The summed E-state index contributed by atoms with van der Waals surface area (Å²) < 4.78 is 5.10. The zero-order valence-corrected chi connectivity index (χ0v) is 10.4. The minimum absolute atomic E-state index is 0.135. The van der Waals surface area contributed by atoms with Crippen LogP contribution in [-0.4, -0.2) is 24.7 Å². The van der Waals surface area contributed by atoms with E-state index in [2.05, 4.69) is 5.32 Å². The van der Waals surface area contributed by atoms with Gasteiger partial charge in [0, 0.05) is 31.8 Å². The van der Waals surface area contributed by atoms with E-state index in [1.165, 1.54) is 0 Å². The number of hydrogen-bond acceptors (Lipinski definition) is 4. The first kappa shape index (κ1) is 13.6. The summed E-state index contributed by atoms with van der Waals surface area (Å²) in [4.78, 5) is 10.4. The second kappa shape index (κ2) is 6.32.